The molecular formula is C13H22N2O5. The van der Waals surface area contributed by atoms with Crippen LogP contribution in [0.25, 0.3) is 0 Å². The number of carbonyl (C=O) groups excluding carboxylic acids is 2. The summed E-state index contributed by atoms with van der Waals surface area (Å²) in [5.74, 6) is -1.69. The molecule has 0 aromatic heterocycles. The molecular weight excluding hydrogens is 264 g/mol. The molecule has 0 spiro atoms. The Morgan fingerprint density at radius 3 is 2.65 bits per heavy atom. The lowest BCUT2D eigenvalue weighted by molar-refractivity contribution is -0.144. The highest BCUT2D eigenvalue weighted by Crippen LogP contribution is 2.31. The second-order valence-corrected chi connectivity index (χ2v) is 4.98. The molecule has 1 saturated carbocycles. The van der Waals surface area contributed by atoms with Crippen molar-refractivity contribution in [1.29, 1.82) is 0 Å². The van der Waals surface area contributed by atoms with Crippen molar-refractivity contribution in [2.45, 2.75) is 26.2 Å². The van der Waals surface area contributed by atoms with Crippen molar-refractivity contribution in [3.63, 3.8) is 0 Å². The summed E-state index contributed by atoms with van der Waals surface area (Å²) in [5, 5.41) is 11.7. The van der Waals surface area contributed by atoms with E-state index in [1.54, 1.807) is 6.92 Å². The lowest BCUT2D eigenvalue weighted by Gasteiger charge is -2.20. The van der Waals surface area contributed by atoms with Crippen LogP contribution in [0, 0.1) is 11.8 Å². The summed E-state index contributed by atoms with van der Waals surface area (Å²) in [5.41, 5.74) is 0. The number of likely N-dealkylation sites (N-methyl/N-ethyl adjacent to an activating group) is 1. The number of rotatable bonds is 6. The van der Waals surface area contributed by atoms with E-state index in [1.165, 1.54) is 11.9 Å². The average Bonchev–Trinajstić information content (AvgIpc) is 2.84. The molecule has 2 N–H and O–H groups in total. The van der Waals surface area contributed by atoms with Crippen molar-refractivity contribution in [1.82, 2.24) is 10.2 Å². The van der Waals surface area contributed by atoms with Crippen LogP contribution in [-0.4, -0.2) is 54.7 Å². The number of aliphatic carboxylic acids is 1. The van der Waals surface area contributed by atoms with E-state index in [9.17, 15) is 14.4 Å². The van der Waals surface area contributed by atoms with Crippen LogP contribution in [-0.2, 0) is 14.3 Å². The number of hydrogen-bond acceptors (Lipinski definition) is 4. The predicted molar refractivity (Wildman–Crippen MR) is 71.1 cm³/mol. The largest absolute Gasteiger partial charge is 0.481 e. The lowest BCUT2D eigenvalue weighted by atomic mass is 9.96. The maximum atomic E-state index is 11.8. The zero-order chi connectivity index (χ0) is 15.1. The summed E-state index contributed by atoms with van der Waals surface area (Å²) in [6.07, 6.45) is 2.34. The number of urea groups is 1. The Morgan fingerprint density at radius 2 is 2.05 bits per heavy atom. The Morgan fingerprint density at radius 1 is 1.35 bits per heavy atom. The zero-order valence-electron chi connectivity index (χ0n) is 11.9. The summed E-state index contributed by atoms with van der Waals surface area (Å²) in [6, 6.07) is -0.394. The summed E-state index contributed by atoms with van der Waals surface area (Å²) in [7, 11) is 1.50. The van der Waals surface area contributed by atoms with Gasteiger partial charge in [-0.15, -0.1) is 0 Å². The molecule has 1 fully saturated rings. The maximum absolute atomic E-state index is 11.8. The Bertz CT molecular complexity index is 372. The number of nitrogens with one attached hydrogen (secondary N) is 1. The van der Waals surface area contributed by atoms with E-state index in [-0.39, 0.29) is 25.0 Å². The molecule has 1 aliphatic rings. The molecule has 7 nitrogen and oxygen atoms in total. The number of ether oxygens (including phenoxy) is 1. The summed E-state index contributed by atoms with van der Waals surface area (Å²) in [4.78, 5) is 35.3. The van der Waals surface area contributed by atoms with Crippen LogP contribution in [0.3, 0.4) is 0 Å². The molecule has 0 heterocycles. The predicted octanol–water partition coefficient (Wildman–Crippen LogP) is 0.692. The number of amides is 2. The first kappa shape index (κ1) is 16.3. The van der Waals surface area contributed by atoms with Crippen LogP contribution >= 0.6 is 0 Å². The smallest absolute Gasteiger partial charge is 0.325 e. The summed E-state index contributed by atoms with van der Waals surface area (Å²) < 4.78 is 4.75. The third kappa shape index (κ3) is 4.71. The van der Waals surface area contributed by atoms with Crippen LogP contribution in [0.5, 0.6) is 0 Å². The quantitative estimate of drug-likeness (QED) is 0.700. The molecule has 0 aliphatic heterocycles. The third-order valence-electron chi connectivity index (χ3n) is 3.51. The van der Waals surface area contributed by atoms with Gasteiger partial charge in [0.05, 0.1) is 12.5 Å². The Kier molecular flexibility index (Phi) is 6.27. The summed E-state index contributed by atoms with van der Waals surface area (Å²) >= 11 is 0. The number of esters is 1. The van der Waals surface area contributed by atoms with Gasteiger partial charge in [-0.25, -0.2) is 4.79 Å². The Labute approximate surface area is 118 Å². The van der Waals surface area contributed by atoms with E-state index in [4.69, 9.17) is 9.84 Å². The van der Waals surface area contributed by atoms with Gasteiger partial charge in [0.1, 0.15) is 6.54 Å². The van der Waals surface area contributed by atoms with Crippen LogP contribution in [0.1, 0.15) is 26.2 Å². The topological polar surface area (TPSA) is 95.9 Å². The van der Waals surface area contributed by atoms with Gasteiger partial charge < -0.3 is 20.1 Å². The van der Waals surface area contributed by atoms with Crippen molar-refractivity contribution < 1.29 is 24.2 Å². The minimum Gasteiger partial charge on any atom is -0.481 e. The normalized spacial score (nSPS) is 21.3. The Hall–Kier alpha value is -1.79. The Balaban J connectivity index is 2.35. The fourth-order valence-corrected chi connectivity index (χ4v) is 2.43. The second-order valence-electron chi connectivity index (χ2n) is 4.98. The van der Waals surface area contributed by atoms with Gasteiger partial charge in [0.2, 0.25) is 0 Å². The number of carboxylic acids is 1. The van der Waals surface area contributed by atoms with Gasteiger partial charge in [-0.2, -0.15) is 0 Å². The molecule has 0 aromatic rings. The fraction of sp³-hybridized carbons (Fsp3) is 0.769. The van der Waals surface area contributed by atoms with Crippen LogP contribution in [0.15, 0.2) is 0 Å². The number of carbonyl (C=O) groups is 3. The van der Waals surface area contributed by atoms with Crippen LogP contribution in [0.4, 0.5) is 4.79 Å². The van der Waals surface area contributed by atoms with Crippen molar-refractivity contribution in [2.24, 2.45) is 11.8 Å². The minimum absolute atomic E-state index is 0.0348. The first-order valence-corrected chi connectivity index (χ1v) is 6.83. The number of hydrogen-bond donors (Lipinski definition) is 2. The highest BCUT2D eigenvalue weighted by Gasteiger charge is 2.33. The van der Waals surface area contributed by atoms with Crippen LogP contribution < -0.4 is 5.32 Å². The molecule has 0 saturated heterocycles. The standard InChI is InChI=1S/C13H22N2O5/c1-3-20-11(16)8-15(2)13(19)14-7-9-5-4-6-10(9)12(17)18/h9-10H,3-8H2,1-2H3,(H,14,19)(H,17,18). The van der Waals surface area contributed by atoms with Gasteiger partial charge >= 0.3 is 18.0 Å². The van der Waals surface area contributed by atoms with Crippen molar-refractivity contribution in [3.05, 3.63) is 0 Å². The summed E-state index contributed by atoms with van der Waals surface area (Å²) in [6.45, 7) is 2.18. The van der Waals surface area contributed by atoms with Gasteiger partial charge in [0.25, 0.3) is 0 Å². The van der Waals surface area contributed by atoms with Crippen molar-refractivity contribution >= 4 is 18.0 Å². The molecule has 2 unspecified atom stereocenters. The first-order valence-electron chi connectivity index (χ1n) is 6.83. The lowest BCUT2D eigenvalue weighted by Crippen LogP contribution is -2.43. The molecule has 2 amide bonds. The van der Waals surface area contributed by atoms with Gasteiger partial charge in [0, 0.05) is 13.6 Å². The van der Waals surface area contributed by atoms with E-state index < -0.39 is 18.0 Å². The van der Waals surface area contributed by atoms with Gasteiger partial charge in [-0.05, 0) is 25.7 Å². The van der Waals surface area contributed by atoms with E-state index in [0.29, 0.717) is 13.0 Å². The fourth-order valence-electron chi connectivity index (χ4n) is 2.43. The highest BCUT2D eigenvalue weighted by molar-refractivity contribution is 5.80. The first-order chi connectivity index (χ1) is 9.45. The van der Waals surface area contributed by atoms with E-state index in [0.717, 1.165) is 12.8 Å². The van der Waals surface area contributed by atoms with Crippen LogP contribution in [0.2, 0.25) is 0 Å². The van der Waals surface area contributed by atoms with Gasteiger partial charge in [-0.3, -0.25) is 9.59 Å². The molecule has 0 radical (unpaired) electrons. The van der Waals surface area contributed by atoms with Gasteiger partial charge in [-0.1, -0.05) is 6.42 Å². The van der Waals surface area contributed by atoms with E-state index in [1.807, 2.05) is 0 Å². The molecule has 1 aliphatic carbocycles. The minimum atomic E-state index is -0.804. The molecule has 7 heteroatoms. The van der Waals surface area contributed by atoms with Crippen molar-refractivity contribution in [3.8, 4) is 0 Å². The molecule has 0 bridgehead atoms. The maximum Gasteiger partial charge on any atom is 0.325 e. The monoisotopic (exact) mass is 286 g/mol. The third-order valence-corrected chi connectivity index (χ3v) is 3.51. The molecule has 20 heavy (non-hydrogen) atoms. The molecule has 114 valence electrons. The molecule has 2 atom stereocenters. The molecule has 1 rings (SSSR count). The number of carboxylic acid groups (broad SMARTS) is 1. The number of nitrogens with zero attached hydrogens (tertiary/aromatic N) is 1. The zero-order valence-corrected chi connectivity index (χ0v) is 11.9. The van der Waals surface area contributed by atoms with Crippen molar-refractivity contribution in [2.75, 3.05) is 26.7 Å². The molecule has 0 aromatic carbocycles. The van der Waals surface area contributed by atoms with Gasteiger partial charge in [0.15, 0.2) is 0 Å². The second kappa shape index (κ2) is 7.72. The van der Waals surface area contributed by atoms with E-state index in [2.05, 4.69) is 5.32 Å². The average molecular weight is 286 g/mol. The SMILES string of the molecule is CCOC(=O)CN(C)C(=O)NCC1CCCC1C(=O)O. The highest BCUT2D eigenvalue weighted by atomic mass is 16.5. The van der Waals surface area contributed by atoms with E-state index >= 15 is 0 Å².